The minimum atomic E-state index is -0.521. The van der Waals surface area contributed by atoms with E-state index in [2.05, 4.69) is 10.2 Å². The maximum absolute atomic E-state index is 11.2. The van der Waals surface area contributed by atoms with Crippen molar-refractivity contribution >= 4 is 10.8 Å². The van der Waals surface area contributed by atoms with E-state index >= 15 is 0 Å². The average molecular weight is 230 g/mol. The molecule has 0 aromatic rings. The van der Waals surface area contributed by atoms with Gasteiger partial charge in [-0.15, -0.1) is 0 Å². The SMILES string of the molecule is O=S1CCN(CCC2CCNCC2)CC1. The van der Waals surface area contributed by atoms with Crippen molar-refractivity contribution in [2.75, 3.05) is 44.2 Å². The highest BCUT2D eigenvalue weighted by Gasteiger charge is 2.17. The zero-order chi connectivity index (χ0) is 10.5. The fourth-order valence-corrected chi connectivity index (χ4v) is 3.56. The minimum absolute atomic E-state index is 0.521. The summed E-state index contributed by atoms with van der Waals surface area (Å²) < 4.78 is 11.2. The molecule has 88 valence electrons. The average Bonchev–Trinajstić information content (AvgIpc) is 2.30. The zero-order valence-electron chi connectivity index (χ0n) is 9.41. The third-order valence-electron chi connectivity index (χ3n) is 3.58. The predicted molar refractivity (Wildman–Crippen MR) is 64.5 cm³/mol. The number of nitrogens with zero attached hydrogens (tertiary/aromatic N) is 1. The maximum atomic E-state index is 11.2. The molecule has 0 amide bonds. The van der Waals surface area contributed by atoms with Gasteiger partial charge in [0.25, 0.3) is 0 Å². The van der Waals surface area contributed by atoms with Gasteiger partial charge >= 0.3 is 0 Å². The van der Waals surface area contributed by atoms with E-state index in [4.69, 9.17) is 0 Å². The Morgan fingerprint density at radius 3 is 2.53 bits per heavy atom. The molecule has 0 radical (unpaired) electrons. The molecule has 1 N–H and O–H groups in total. The molecule has 0 bridgehead atoms. The van der Waals surface area contributed by atoms with Crippen LogP contribution in [-0.2, 0) is 10.8 Å². The van der Waals surface area contributed by atoms with E-state index in [1.807, 2.05) is 0 Å². The van der Waals surface area contributed by atoms with E-state index in [1.165, 1.54) is 38.9 Å². The Hall–Kier alpha value is 0.0700. The number of hydrogen-bond donors (Lipinski definition) is 1. The molecule has 0 aromatic carbocycles. The molecule has 4 heteroatoms. The van der Waals surface area contributed by atoms with Gasteiger partial charge in [-0.1, -0.05) is 0 Å². The summed E-state index contributed by atoms with van der Waals surface area (Å²) in [4.78, 5) is 2.49. The predicted octanol–water partition coefficient (Wildman–Crippen LogP) is 0.440. The number of nitrogens with one attached hydrogen (secondary N) is 1. The van der Waals surface area contributed by atoms with Crippen molar-refractivity contribution in [3.05, 3.63) is 0 Å². The number of piperidine rings is 1. The van der Waals surface area contributed by atoms with Crippen molar-refractivity contribution < 1.29 is 4.21 Å². The van der Waals surface area contributed by atoms with E-state index in [0.29, 0.717) is 0 Å². The van der Waals surface area contributed by atoms with Gasteiger partial charge < -0.3 is 10.2 Å². The molecule has 2 rings (SSSR count). The second-order valence-corrected chi connectivity index (χ2v) is 6.37. The Balaban J connectivity index is 1.62. The Labute approximate surface area is 95.1 Å². The first-order valence-corrected chi connectivity index (χ1v) is 7.61. The molecule has 2 fully saturated rings. The lowest BCUT2D eigenvalue weighted by molar-refractivity contribution is 0.251. The molecule has 0 saturated carbocycles. The van der Waals surface area contributed by atoms with Crippen LogP contribution in [0.1, 0.15) is 19.3 Å². The van der Waals surface area contributed by atoms with Crippen LogP contribution in [-0.4, -0.2) is 53.3 Å². The van der Waals surface area contributed by atoms with Gasteiger partial charge in [0, 0.05) is 35.4 Å². The Kier molecular flexibility index (Phi) is 4.60. The lowest BCUT2D eigenvalue weighted by Crippen LogP contribution is -2.39. The molecule has 2 aliphatic heterocycles. The van der Waals surface area contributed by atoms with E-state index in [0.717, 1.165) is 30.5 Å². The third-order valence-corrected chi connectivity index (χ3v) is 4.86. The summed E-state index contributed by atoms with van der Waals surface area (Å²) in [5.41, 5.74) is 0. The van der Waals surface area contributed by atoms with Gasteiger partial charge in [-0.3, -0.25) is 4.21 Å². The maximum Gasteiger partial charge on any atom is 0.0363 e. The van der Waals surface area contributed by atoms with Crippen molar-refractivity contribution in [2.24, 2.45) is 5.92 Å². The summed E-state index contributed by atoms with van der Waals surface area (Å²) in [5, 5.41) is 3.40. The van der Waals surface area contributed by atoms with Crippen molar-refractivity contribution in [2.45, 2.75) is 19.3 Å². The zero-order valence-corrected chi connectivity index (χ0v) is 10.2. The van der Waals surface area contributed by atoms with Crippen molar-refractivity contribution in [1.82, 2.24) is 10.2 Å². The van der Waals surface area contributed by atoms with Crippen LogP contribution in [0.3, 0.4) is 0 Å². The second kappa shape index (κ2) is 5.97. The van der Waals surface area contributed by atoms with E-state index < -0.39 is 10.8 Å². The molecule has 2 aliphatic rings. The van der Waals surface area contributed by atoms with Crippen LogP contribution >= 0.6 is 0 Å². The van der Waals surface area contributed by atoms with Crippen LogP contribution in [0.2, 0.25) is 0 Å². The summed E-state index contributed by atoms with van der Waals surface area (Å²) in [5.74, 6) is 2.72. The van der Waals surface area contributed by atoms with Gasteiger partial charge in [0.1, 0.15) is 0 Å². The molecule has 3 nitrogen and oxygen atoms in total. The van der Waals surface area contributed by atoms with E-state index in [-0.39, 0.29) is 0 Å². The second-order valence-electron chi connectivity index (χ2n) is 4.67. The van der Waals surface area contributed by atoms with Gasteiger partial charge in [0.05, 0.1) is 0 Å². The van der Waals surface area contributed by atoms with Crippen LogP contribution in [0, 0.1) is 5.92 Å². The van der Waals surface area contributed by atoms with Gasteiger partial charge in [0.2, 0.25) is 0 Å². The summed E-state index contributed by atoms with van der Waals surface area (Å²) >= 11 is 0. The summed E-state index contributed by atoms with van der Waals surface area (Å²) in [7, 11) is -0.521. The first-order valence-electron chi connectivity index (χ1n) is 6.12. The molecule has 15 heavy (non-hydrogen) atoms. The first kappa shape index (κ1) is 11.6. The normalized spacial score (nSPS) is 26.9. The van der Waals surface area contributed by atoms with Gasteiger partial charge in [-0.2, -0.15) is 0 Å². The van der Waals surface area contributed by atoms with Crippen LogP contribution in [0.5, 0.6) is 0 Å². The van der Waals surface area contributed by atoms with Crippen molar-refractivity contribution in [3.8, 4) is 0 Å². The smallest absolute Gasteiger partial charge is 0.0363 e. The van der Waals surface area contributed by atoms with Crippen LogP contribution < -0.4 is 5.32 Å². The summed E-state index contributed by atoms with van der Waals surface area (Å²) in [6.45, 7) is 5.74. The molecular formula is C11H22N2OS. The molecule has 2 heterocycles. The lowest BCUT2D eigenvalue weighted by atomic mass is 9.94. The minimum Gasteiger partial charge on any atom is -0.317 e. The van der Waals surface area contributed by atoms with Crippen LogP contribution in [0.4, 0.5) is 0 Å². The van der Waals surface area contributed by atoms with Gasteiger partial charge in [-0.05, 0) is 44.8 Å². The Bertz CT molecular complexity index is 207. The summed E-state index contributed by atoms with van der Waals surface area (Å²) in [6, 6.07) is 0. The fraction of sp³-hybridized carbons (Fsp3) is 1.00. The molecular weight excluding hydrogens is 208 g/mol. The van der Waals surface area contributed by atoms with E-state index in [9.17, 15) is 4.21 Å². The van der Waals surface area contributed by atoms with E-state index in [1.54, 1.807) is 0 Å². The highest BCUT2D eigenvalue weighted by molar-refractivity contribution is 7.85. The molecule has 0 atom stereocenters. The standard InChI is InChI=1S/C11H22N2OS/c14-15-9-7-13(8-10-15)6-3-11-1-4-12-5-2-11/h11-12H,1-10H2. The quantitative estimate of drug-likeness (QED) is 0.763. The third kappa shape index (κ3) is 3.85. The lowest BCUT2D eigenvalue weighted by Gasteiger charge is -2.29. The molecule has 0 unspecified atom stereocenters. The molecule has 2 saturated heterocycles. The largest absolute Gasteiger partial charge is 0.317 e. The summed E-state index contributed by atoms with van der Waals surface area (Å²) in [6.07, 6.45) is 4.04. The fourth-order valence-electron chi connectivity index (χ4n) is 2.43. The topological polar surface area (TPSA) is 32.3 Å². The number of rotatable bonds is 3. The highest BCUT2D eigenvalue weighted by Crippen LogP contribution is 2.16. The van der Waals surface area contributed by atoms with Crippen molar-refractivity contribution in [1.29, 1.82) is 0 Å². The molecule has 0 aliphatic carbocycles. The first-order chi connectivity index (χ1) is 7.34. The van der Waals surface area contributed by atoms with Crippen LogP contribution in [0.25, 0.3) is 0 Å². The Morgan fingerprint density at radius 1 is 1.20 bits per heavy atom. The van der Waals surface area contributed by atoms with Gasteiger partial charge in [0.15, 0.2) is 0 Å². The number of hydrogen-bond acceptors (Lipinski definition) is 3. The van der Waals surface area contributed by atoms with Crippen molar-refractivity contribution in [3.63, 3.8) is 0 Å². The molecule has 0 spiro atoms. The molecule has 0 aromatic heterocycles. The monoisotopic (exact) mass is 230 g/mol. The Morgan fingerprint density at radius 2 is 1.87 bits per heavy atom. The van der Waals surface area contributed by atoms with Gasteiger partial charge in [-0.25, -0.2) is 0 Å². The highest BCUT2D eigenvalue weighted by atomic mass is 32.2. The van der Waals surface area contributed by atoms with Crippen LogP contribution in [0.15, 0.2) is 0 Å².